The third-order valence-corrected chi connectivity index (χ3v) is 2.96. The molecule has 1 aliphatic heterocycles. The highest BCUT2D eigenvalue weighted by atomic mass is 16.5. The van der Waals surface area contributed by atoms with Gasteiger partial charge >= 0.3 is 5.97 Å². The van der Waals surface area contributed by atoms with Crippen LogP contribution >= 0.6 is 0 Å². The summed E-state index contributed by atoms with van der Waals surface area (Å²) in [5.74, 6) is -0.287. The number of methoxy groups -OCH3 is 1. The summed E-state index contributed by atoms with van der Waals surface area (Å²) in [6.45, 7) is 1.10. The average molecular weight is 236 g/mol. The average Bonchev–Trinajstić information content (AvgIpc) is 2.70. The van der Waals surface area contributed by atoms with Crippen molar-refractivity contribution in [3.05, 3.63) is 30.1 Å². The molecule has 2 heterocycles. The summed E-state index contributed by atoms with van der Waals surface area (Å²) in [7, 11) is 1.37. The van der Waals surface area contributed by atoms with Crippen LogP contribution in [0.15, 0.2) is 24.5 Å². The van der Waals surface area contributed by atoms with E-state index in [9.17, 15) is 9.90 Å². The van der Waals surface area contributed by atoms with E-state index in [1.807, 2.05) is 17.0 Å². The summed E-state index contributed by atoms with van der Waals surface area (Å²) in [6.07, 6.45) is 3.45. The summed E-state index contributed by atoms with van der Waals surface area (Å²) in [4.78, 5) is 17.5. The molecular weight excluding hydrogens is 220 g/mol. The standard InChI is InChI=1S/C12H16N2O3/c1-17-12(16)11-5-10(15)8-14(11)7-9-3-2-4-13-6-9/h2-4,6,10-11,15H,5,7-8H2,1H3/t10-,11-/m0/s1. The molecule has 92 valence electrons. The van der Waals surface area contributed by atoms with E-state index in [2.05, 4.69) is 4.98 Å². The first-order valence-corrected chi connectivity index (χ1v) is 5.59. The molecule has 2 atom stereocenters. The number of carbonyl (C=O) groups excluding carboxylic acids is 1. The number of aliphatic hydroxyl groups is 1. The lowest BCUT2D eigenvalue weighted by Gasteiger charge is -2.21. The van der Waals surface area contributed by atoms with Crippen molar-refractivity contribution in [3.8, 4) is 0 Å². The first-order valence-electron chi connectivity index (χ1n) is 5.59. The normalized spacial score (nSPS) is 24.8. The zero-order valence-electron chi connectivity index (χ0n) is 9.74. The molecule has 5 heteroatoms. The zero-order valence-corrected chi connectivity index (χ0v) is 9.74. The molecule has 1 N–H and O–H groups in total. The lowest BCUT2D eigenvalue weighted by Crippen LogP contribution is -2.36. The number of esters is 1. The van der Waals surface area contributed by atoms with Gasteiger partial charge in [-0.1, -0.05) is 6.07 Å². The minimum Gasteiger partial charge on any atom is -0.468 e. The van der Waals surface area contributed by atoms with Gasteiger partial charge in [0.1, 0.15) is 6.04 Å². The molecule has 1 saturated heterocycles. The van der Waals surface area contributed by atoms with Crippen molar-refractivity contribution in [1.29, 1.82) is 0 Å². The topological polar surface area (TPSA) is 62.7 Å². The van der Waals surface area contributed by atoms with E-state index < -0.39 is 6.10 Å². The Bertz CT molecular complexity index is 383. The molecule has 0 aliphatic carbocycles. The van der Waals surface area contributed by atoms with Gasteiger partial charge in [0.15, 0.2) is 0 Å². The first-order chi connectivity index (χ1) is 8.20. The molecule has 5 nitrogen and oxygen atoms in total. The SMILES string of the molecule is COC(=O)[C@@H]1C[C@H](O)CN1Cc1cccnc1. The van der Waals surface area contributed by atoms with Gasteiger partial charge in [0.2, 0.25) is 0 Å². The van der Waals surface area contributed by atoms with Gasteiger partial charge in [-0.3, -0.25) is 14.7 Å². The Kier molecular flexibility index (Phi) is 3.71. The predicted molar refractivity (Wildman–Crippen MR) is 61.1 cm³/mol. The summed E-state index contributed by atoms with van der Waals surface area (Å²) >= 11 is 0. The monoisotopic (exact) mass is 236 g/mol. The van der Waals surface area contributed by atoms with Gasteiger partial charge < -0.3 is 9.84 Å². The van der Waals surface area contributed by atoms with Crippen LogP contribution in [0.2, 0.25) is 0 Å². The van der Waals surface area contributed by atoms with Crippen LogP contribution in [0.4, 0.5) is 0 Å². The van der Waals surface area contributed by atoms with Gasteiger partial charge in [-0.05, 0) is 11.6 Å². The van der Waals surface area contributed by atoms with Crippen LogP contribution < -0.4 is 0 Å². The fourth-order valence-electron chi connectivity index (χ4n) is 2.16. The summed E-state index contributed by atoms with van der Waals surface area (Å²) in [5, 5.41) is 9.63. The van der Waals surface area contributed by atoms with E-state index in [4.69, 9.17) is 4.74 Å². The van der Waals surface area contributed by atoms with Gasteiger partial charge in [0, 0.05) is 31.9 Å². The van der Waals surface area contributed by atoms with Crippen molar-refractivity contribution < 1.29 is 14.6 Å². The molecule has 0 unspecified atom stereocenters. The number of aromatic nitrogens is 1. The molecule has 0 saturated carbocycles. The molecule has 0 bridgehead atoms. The van der Waals surface area contributed by atoms with Crippen LogP contribution in [0.1, 0.15) is 12.0 Å². The number of pyridine rings is 1. The fourth-order valence-corrected chi connectivity index (χ4v) is 2.16. The maximum atomic E-state index is 11.6. The smallest absolute Gasteiger partial charge is 0.323 e. The van der Waals surface area contributed by atoms with Crippen molar-refractivity contribution in [2.24, 2.45) is 0 Å². The van der Waals surface area contributed by atoms with E-state index in [0.29, 0.717) is 19.5 Å². The van der Waals surface area contributed by atoms with Crippen molar-refractivity contribution in [3.63, 3.8) is 0 Å². The summed E-state index contributed by atoms with van der Waals surface area (Å²) < 4.78 is 4.74. The van der Waals surface area contributed by atoms with Gasteiger partial charge in [0.05, 0.1) is 13.2 Å². The molecule has 1 aromatic heterocycles. The number of hydrogen-bond donors (Lipinski definition) is 1. The molecule has 0 aromatic carbocycles. The highest BCUT2D eigenvalue weighted by molar-refractivity contribution is 5.76. The van der Waals surface area contributed by atoms with Crippen molar-refractivity contribution in [2.75, 3.05) is 13.7 Å². The number of aliphatic hydroxyl groups excluding tert-OH is 1. The van der Waals surface area contributed by atoms with Gasteiger partial charge in [0.25, 0.3) is 0 Å². The van der Waals surface area contributed by atoms with E-state index in [1.54, 1.807) is 12.4 Å². The Morgan fingerprint density at radius 2 is 2.53 bits per heavy atom. The maximum Gasteiger partial charge on any atom is 0.323 e. The third-order valence-electron chi connectivity index (χ3n) is 2.96. The Hall–Kier alpha value is -1.46. The zero-order chi connectivity index (χ0) is 12.3. The predicted octanol–water partition coefficient (Wildman–Crippen LogP) is 0.190. The molecule has 1 aliphatic rings. The largest absolute Gasteiger partial charge is 0.468 e. The number of ether oxygens (including phenoxy) is 1. The Morgan fingerprint density at radius 1 is 1.71 bits per heavy atom. The van der Waals surface area contributed by atoms with Crippen molar-refractivity contribution in [2.45, 2.75) is 25.1 Å². The second-order valence-electron chi connectivity index (χ2n) is 4.22. The first kappa shape index (κ1) is 12.0. The van der Waals surface area contributed by atoms with Gasteiger partial charge in [-0.25, -0.2) is 0 Å². The molecule has 0 spiro atoms. The number of rotatable bonds is 3. The molecule has 17 heavy (non-hydrogen) atoms. The van der Waals surface area contributed by atoms with Crippen molar-refractivity contribution >= 4 is 5.97 Å². The molecular formula is C12H16N2O3. The maximum absolute atomic E-state index is 11.6. The number of likely N-dealkylation sites (tertiary alicyclic amines) is 1. The molecule has 1 fully saturated rings. The minimum atomic E-state index is -0.462. The third kappa shape index (κ3) is 2.81. The quantitative estimate of drug-likeness (QED) is 0.759. The molecule has 0 amide bonds. The number of carbonyl (C=O) groups is 1. The number of hydrogen-bond acceptors (Lipinski definition) is 5. The van der Waals surface area contributed by atoms with E-state index in [1.165, 1.54) is 7.11 Å². The van der Waals surface area contributed by atoms with E-state index >= 15 is 0 Å². The summed E-state index contributed by atoms with van der Waals surface area (Å²) in [5.41, 5.74) is 1.02. The highest BCUT2D eigenvalue weighted by Gasteiger charge is 2.36. The minimum absolute atomic E-state index is 0.287. The number of nitrogens with zero attached hydrogens (tertiary/aromatic N) is 2. The molecule has 2 rings (SSSR count). The molecule has 0 radical (unpaired) electrons. The van der Waals surface area contributed by atoms with Gasteiger partial charge in [-0.2, -0.15) is 0 Å². The van der Waals surface area contributed by atoms with Crippen LogP contribution in [0.3, 0.4) is 0 Å². The highest BCUT2D eigenvalue weighted by Crippen LogP contribution is 2.21. The van der Waals surface area contributed by atoms with Crippen LogP contribution in [-0.4, -0.2) is 46.8 Å². The van der Waals surface area contributed by atoms with Crippen LogP contribution in [0, 0.1) is 0 Å². The van der Waals surface area contributed by atoms with Crippen LogP contribution in [0.5, 0.6) is 0 Å². The van der Waals surface area contributed by atoms with Crippen molar-refractivity contribution in [1.82, 2.24) is 9.88 Å². The second kappa shape index (κ2) is 5.25. The number of β-amino-alcohol motifs (C(OH)–C–C–N with tert-alkyl or cyclic N) is 1. The fraction of sp³-hybridized carbons (Fsp3) is 0.500. The Balaban J connectivity index is 2.06. The lowest BCUT2D eigenvalue weighted by molar-refractivity contribution is -0.146. The second-order valence-corrected chi connectivity index (χ2v) is 4.22. The van der Waals surface area contributed by atoms with E-state index in [0.717, 1.165) is 5.56 Å². The summed E-state index contributed by atoms with van der Waals surface area (Å²) in [6, 6.07) is 3.45. The van der Waals surface area contributed by atoms with E-state index in [-0.39, 0.29) is 12.0 Å². The molecule has 1 aromatic rings. The van der Waals surface area contributed by atoms with Gasteiger partial charge in [-0.15, -0.1) is 0 Å². The van der Waals surface area contributed by atoms with Crippen LogP contribution in [-0.2, 0) is 16.1 Å². The Labute approximate surface area is 100 Å². The van der Waals surface area contributed by atoms with Crippen LogP contribution in [0.25, 0.3) is 0 Å². The Morgan fingerprint density at radius 3 is 3.18 bits per heavy atom. The lowest BCUT2D eigenvalue weighted by atomic mass is 10.2.